The minimum Gasteiger partial charge on any atom is -0.480 e. The van der Waals surface area contributed by atoms with Crippen molar-refractivity contribution < 1.29 is 19.6 Å². The molecule has 1 aliphatic carbocycles. The number of rotatable bonds is 7. The number of nitro benzene ring substituents is 1. The Labute approximate surface area is 219 Å². The van der Waals surface area contributed by atoms with Gasteiger partial charge in [-0.15, -0.1) is 0 Å². The smallest absolute Gasteiger partial charge is 0.323 e. The van der Waals surface area contributed by atoms with Crippen LogP contribution in [0.15, 0.2) is 58.4 Å². The molecule has 4 N–H and O–H groups in total. The molecule has 39 heavy (non-hydrogen) atoms. The number of nitro groups is 1. The van der Waals surface area contributed by atoms with E-state index in [4.69, 9.17) is 0 Å². The van der Waals surface area contributed by atoms with Crippen LogP contribution in [0.3, 0.4) is 0 Å². The number of hydrogen-bond donors (Lipinski definition) is 4. The number of aliphatic carboxylic acids is 1. The number of carboxylic acids is 1. The number of carboxylic acid groups (broad SMARTS) is 1. The molecule has 200 valence electrons. The highest BCUT2D eigenvalue weighted by atomic mass is 16.6. The summed E-state index contributed by atoms with van der Waals surface area (Å²) in [6.07, 6.45) is 6.92. The maximum Gasteiger partial charge on any atom is 0.323 e. The Hall–Kier alpha value is -5.20. The largest absolute Gasteiger partial charge is 0.480 e. The van der Waals surface area contributed by atoms with Crippen LogP contribution in [-0.4, -0.2) is 36.1 Å². The Bertz CT molecular complexity index is 1730. The highest BCUT2D eigenvalue weighted by molar-refractivity contribution is 5.89. The van der Waals surface area contributed by atoms with E-state index in [1.54, 1.807) is 6.07 Å². The maximum atomic E-state index is 12.5. The van der Waals surface area contributed by atoms with Crippen molar-refractivity contribution in [3.63, 3.8) is 0 Å². The molecule has 0 saturated carbocycles. The molecule has 0 spiro atoms. The lowest BCUT2D eigenvalue weighted by molar-refractivity contribution is -0.384. The third-order valence-corrected chi connectivity index (χ3v) is 6.69. The monoisotopic (exact) mass is 532 g/mol. The number of non-ortho nitro benzene ring substituents is 1. The average Bonchev–Trinajstić information content (AvgIpc) is 3.39. The molecule has 0 bridgehead atoms. The van der Waals surface area contributed by atoms with E-state index in [0.29, 0.717) is 23.1 Å². The Balaban J connectivity index is 1.42. The number of H-pyrrole nitrogens is 1. The molecule has 2 aromatic heterocycles. The topological polar surface area (TPSA) is 181 Å². The highest BCUT2D eigenvalue weighted by Crippen LogP contribution is 2.32. The van der Waals surface area contributed by atoms with Gasteiger partial charge in [0.2, 0.25) is 0 Å². The first-order valence-corrected chi connectivity index (χ1v) is 12.2. The minimum atomic E-state index is -1.23. The Morgan fingerprint density at radius 3 is 2.49 bits per heavy atom. The van der Waals surface area contributed by atoms with Crippen molar-refractivity contribution in [2.75, 3.05) is 5.32 Å². The fourth-order valence-corrected chi connectivity index (χ4v) is 4.90. The first kappa shape index (κ1) is 25.4. The number of aromatic amines is 1. The molecule has 13 nitrogen and oxygen atoms in total. The van der Waals surface area contributed by atoms with Gasteiger partial charge in [-0.25, -0.2) is 4.79 Å². The Morgan fingerprint density at radius 1 is 1.08 bits per heavy atom. The third-order valence-electron chi connectivity index (χ3n) is 6.69. The number of aromatic nitrogens is 3. The van der Waals surface area contributed by atoms with Crippen LogP contribution in [-0.2, 0) is 30.7 Å². The zero-order chi connectivity index (χ0) is 27.7. The summed E-state index contributed by atoms with van der Waals surface area (Å²) in [6, 6.07) is 8.53. The zero-order valence-electron chi connectivity index (χ0n) is 20.6. The van der Waals surface area contributed by atoms with Crippen LogP contribution in [0.4, 0.5) is 16.2 Å². The summed E-state index contributed by atoms with van der Waals surface area (Å²) in [7, 11) is 0. The number of carbonyl (C=O) groups excluding carboxylic acids is 1. The SMILES string of the molecule is O=C(O)Cn1c(=O)c(=O)[nH]c2c3c(c(-n4ccc(CNC(=O)Nc5ccc([N+](=O)[O-])cc5)c4)cc21)CCCC3. The standard InChI is InChI=1S/C26H24N6O7/c33-22(34)14-31-21-11-20(18-3-1-2-4-19(18)23(21)29-24(35)25(31)36)30-10-9-15(13-30)12-27-26(37)28-16-5-7-17(8-6-16)32(38)39/h5-11,13H,1-4,12,14H2,(H,29,35)(H,33,34)(H2,27,28,37). The molecule has 0 saturated heterocycles. The maximum absolute atomic E-state index is 12.5. The summed E-state index contributed by atoms with van der Waals surface area (Å²) < 4.78 is 2.85. The number of aryl methyl sites for hydroxylation is 1. The lowest BCUT2D eigenvalue weighted by Crippen LogP contribution is -2.38. The van der Waals surface area contributed by atoms with Crippen LogP contribution in [0.2, 0.25) is 0 Å². The summed E-state index contributed by atoms with van der Waals surface area (Å²) in [5.74, 6) is -1.23. The van der Waals surface area contributed by atoms with Gasteiger partial charge in [-0.3, -0.25) is 29.1 Å². The van der Waals surface area contributed by atoms with Crippen molar-refractivity contribution in [2.45, 2.75) is 38.8 Å². The van der Waals surface area contributed by atoms with Gasteiger partial charge < -0.3 is 25.3 Å². The predicted molar refractivity (Wildman–Crippen MR) is 141 cm³/mol. The lowest BCUT2D eigenvalue weighted by Gasteiger charge is -2.23. The molecule has 0 fully saturated rings. The molecule has 0 atom stereocenters. The minimum absolute atomic E-state index is 0.0792. The van der Waals surface area contributed by atoms with Gasteiger partial charge in [-0.1, -0.05) is 0 Å². The summed E-state index contributed by atoms with van der Waals surface area (Å²) in [5.41, 5.74) is 2.82. The predicted octanol–water partition coefficient (Wildman–Crippen LogP) is 2.67. The lowest BCUT2D eigenvalue weighted by atomic mass is 9.89. The van der Waals surface area contributed by atoms with Crippen LogP contribution < -0.4 is 21.8 Å². The second kappa shape index (κ2) is 10.3. The first-order chi connectivity index (χ1) is 18.7. The van der Waals surface area contributed by atoms with Gasteiger partial charge in [0.15, 0.2) is 0 Å². The number of nitrogens with one attached hydrogen (secondary N) is 3. The van der Waals surface area contributed by atoms with E-state index in [1.165, 1.54) is 24.3 Å². The molecular weight excluding hydrogens is 508 g/mol. The van der Waals surface area contributed by atoms with Gasteiger partial charge >= 0.3 is 23.1 Å². The molecule has 0 unspecified atom stereocenters. The number of urea groups is 1. The first-order valence-electron chi connectivity index (χ1n) is 12.2. The third kappa shape index (κ3) is 5.14. The van der Waals surface area contributed by atoms with Crippen LogP contribution in [0, 0.1) is 10.1 Å². The molecule has 0 radical (unpaired) electrons. The van der Waals surface area contributed by atoms with Gasteiger partial charge in [-0.2, -0.15) is 0 Å². The Morgan fingerprint density at radius 2 is 1.79 bits per heavy atom. The number of anilines is 1. The van der Waals surface area contributed by atoms with Gasteiger partial charge in [0.05, 0.1) is 21.6 Å². The van der Waals surface area contributed by atoms with Gasteiger partial charge in [0.1, 0.15) is 6.54 Å². The fourth-order valence-electron chi connectivity index (χ4n) is 4.90. The van der Waals surface area contributed by atoms with Crippen molar-refractivity contribution in [2.24, 2.45) is 0 Å². The van der Waals surface area contributed by atoms with Crippen molar-refractivity contribution in [1.29, 1.82) is 0 Å². The molecular formula is C26H24N6O7. The molecule has 2 aromatic carbocycles. The van der Waals surface area contributed by atoms with Crippen molar-refractivity contribution in [1.82, 2.24) is 19.4 Å². The molecule has 2 amide bonds. The van der Waals surface area contributed by atoms with E-state index in [2.05, 4.69) is 15.6 Å². The molecule has 2 heterocycles. The molecule has 5 rings (SSSR count). The number of benzene rings is 2. The molecule has 1 aliphatic rings. The van der Waals surface area contributed by atoms with E-state index < -0.39 is 34.6 Å². The van der Waals surface area contributed by atoms with E-state index in [9.17, 15) is 34.4 Å². The molecule has 0 aliphatic heterocycles. The van der Waals surface area contributed by atoms with Crippen molar-refractivity contribution in [3.05, 3.63) is 96.3 Å². The normalized spacial score (nSPS) is 12.6. The average molecular weight is 533 g/mol. The number of amides is 2. The van der Waals surface area contributed by atoms with Gasteiger partial charge in [0.25, 0.3) is 5.69 Å². The van der Waals surface area contributed by atoms with Crippen molar-refractivity contribution in [3.8, 4) is 5.69 Å². The number of carbonyl (C=O) groups is 2. The van der Waals surface area contributed by atoms with Crippen LogP contribution in [0.25, 0.3) is 16.7 Å². The van der Waals surface area contributed by atoms with Gasteiger partial charge in [-0.05, 0) is 66.6 Å². The van der Waals surface area contributed by atoms with E-state index >= 15 is 0 Å². The van der Waals surface area contributed by atoms with Crippen LogP contribution in [0.1, 0.15) is 29.5 Å². The molecule has 13 heteroatoms. The summed E-state index contributed by atoms with van der Waals surface area (Å²) in [4.78, 5) is 61.6. The highest BCUT2D eigenvalue weighted by Gasteiger charge is 2.22. The van der Waals surface area contributed by atoms with Crippen LogP contribution >= 0.6 is 0 Å². The molecule has 4 aromatic rings. The zero-order valence-corrected chi connectivity index (χ0v) is 20.6. The van der Waals surface area contributed by atoms with E-state index in [-0.39, 0.29) is 12.2 Å². The Kier molecular flexibility index (Phi) is 6.71. The second-order valence-electron chi connectivity index (χ2n) is 9.23. The van der Waals surface area contributed by atoms with Crippen LogP contribution in [0.5, 0.6) is 0 Å². The summed E-state index contributed by atoms with van der Waals surface area (Å²) in [5, 5.41) is 25.5. The number of hydrogen-bond acceptors (Lipinski definition) is 6. The summed E-state index contributed by atoms with van der Waals surface area (Å²) in [6.45, 7) is -0.444. The second-order valence-corrected chi connectivity index (χ2v) is 9.23. The van der Waals surface area contributed by atoms with Gasteiger partial charge in [0, 0.05) is 36.8 Å². The fraction of sp³-hybridized carbons (Fsp3) is 0.231. The quantitative estimate of drug-likeness (QED) is 0.160. The summed E-state index contributed by atoms with van der Waals surface area (Å²) >= 11 is 0. The number of nitrogens with zero attached hydrogens (tertiary/aromatic N) is 3. The van der Waals surface area contributed by atoms with E-state index in [1.807, 2.05) is 23.0 Å². The van der Waals surface area contributed by atoms with Crippen molar-refractivity contribution >= 4 is 34.4 Å². The number of fused-ring (bicyclic) bond motifs is 3. The van der Waals surface area contributed by atoms with E-state index in [0.717, 1.165) is 46.2 Å².